The Balaban J connectivity index is 0.000000189. The van der Waals surface area contributed by atoms with E-state index < -0.39 is 35.8 Å². The summed E-state index contributed by atoms with van der Waals surface area (Å²) in [6.45, 7) is 5.22. The molecular weight excluding hydrogens is 570 g/mol. The maximum absolute atomic E-state index is 13.6. The normalized spacial score (nSPS) is 21.1. The number of anilines is 3. The maximum Gasteiger partial charge on any atom is 0.445 e. The van der Waals surface area contributed by atoms with Crippen molar-refractivity contribution in [1.29, 1.82) is 0 Å². The van der Waals surface area contributed by atoms with Crippen LogP contribution >= 0.6 is 11.6 Å². The first-order valence-corrected chi connectivity index (χ1v) is 13.1. The van der Waals surface area contributed by atoms with Crippen molar-refractivity contribution in [3.05, 3.63) is 52.8 Å². The van der Waals surface area contributed by atoms with E-state index in [0.717, 1.165) is 18.9 Å². The van der Waals surface area contributed by atoms with Crippen molar-refractivity contribution in [3.8, 4) is 11.8 Å². The van der Waals surface area contributed by atoms with E-state index in [-0.39, 0.29) is 34.2 Å². The van der Waals surface area contributed by atoms with Gasteiger partial charge in [0.2, 0.25) is 5.91 Å². The molecule has 5 rings (SSSR count). The molecule has 3 amide bonds. The third kappa shape index (κ3) is 6.35. The van der Waals surface area contributed by atoms with E-state index in [1.54, 1.807) is 20.8 Å². The molecule has 2 aromatic carbocycles. The number of rotatable bonds is 2. The lowest BCUT2D eigenvalue weighted by Gasteiger charge is -2.35. The van der Waals surface area contributed by atoms with Crippen LogP contribution in [0.5, 0.6) is 0 Å². The van der Waals surface area contributed by atoms with Crippen LogP contribution in [-0.2, 0) is 19.9 Å². The molecule has 2 aliphatic heterocycles. The molecule has 2 N–H and O–H groups in total. The van der Waals surface area contributed by atoms with E-state index in [0.29, 0.717) is 17.8 Å². The van der Waals surface area contributed by atoms with E-state index in [9.17, 15) is 31.9 Å². The number of amides is 3. The molecule has 2 aromatic rings. The number of alkyl halides is 3. The fourth-order valence-corrected chi connectivity index (χ4v) is 4.39. The fourth-order valence-electron chi connectivity index (χ4n) is 4.21. The average Bonchev–Trinajstić information content (AvgIpc) is 3.71. The molecule has 13 heteroatoms. The number of benzene rings is 2. The highest BCUT2D eigenvalue weighted by Crippen LogP contribution is 2.48. The minimum atomic E-state index is -4.87. The molecular formula is C28H26ClF4N3O5. The second kappa shape index (κ2) is 11.5. The summed E-state index contributed by atoms with van der Waals surface area (Å²) in [4.78, 5) is 36.9. The van der Waals surface area contributed by atoms with Gasteiger partial charge in [-0.25, -0.2) is 14.0 Å². The van der Waals surface area contributed by atoms with Crippen LogP contribution in [0.4, 0.5) is 44.2 Å². The van der Waals surface area contributed by atoms with Crippen molar-refractivity contribution in [2.45, 2.75) is 64.0 Å². The predicted octanol–water partition coefficient (Wildman–Crippen LogP) is 6.98. The van der Waals surface area contributed by atoms with Crippen LogP contribution in [0.15, 0.2) is 36.4 Å². The van der Waals surface area contributed by atoms with Crippen molar-refractivity contribution < 1.29 is 41.4 Å². The fraction of sp³-hybridized carbons (Fsp3) is 0.393. The second-order valence-corrected chi connectivity index (χ2v) is 10.2. The van der Waals surface area contributed by atoms with Gasteiger partial charge in [-0.05, 0) is 75.4 Å². The molecule has 1 fully saturated rings. The zero-order valence-corrected chi connectivity index (χ0v) is 23.0. The molecule has 1 saturated carbocycles. The van der Waals surface area contributed by atoms with E-state index in [4.69, 9.17) is 16.3 Å². The minimum Gasteiger partial charge on any atom is -0.446 e. The first-order valence-electron chi connectivity index (χ1n) is 12.8. The van der Waals surface area contributed by atoms with Crippen LogP contribution in [0.25, 0.3) is 0 Å². The summed E-state index contributed by atoms with van der Waals surface area (Å²) in [6, 6.07) is 7.00. The van der Waals surface area contributed by atoms with Crippen molar-refractivity contribution >= 4 is 46.8 Å². The number of nitrogens with zero attached hydrogens (tertiary/aromatic N) is 1. The Labute approximate surface area is 238 Å². The number of nitrogens with one attached hydrogen (secondary N) is 2. The van der Waals surface area contributed by atoms with Crippen LogP contribution in [0.1, 0.15) is 45.6 Å². The molecule has 2 heterocycles. The highest BCUT2D eigenvalue weighted by atomic mass is 35.5. The van der Waals surface area contributed by atoms with E-state index in [1.165, 1.54) is 35.2 Å². The Bertz CT molecular complexity index is 1430. The quantitative estimate of drug-likeness (QED) is 0.288. The molecule has 0 spiro atoms. The third-order valence-electron chi connectivity index (χ3n) is 6.28. The summed E-state index contributed by atoms with van der Waals surface area (Å²) >= 11 is 5.78. The largest absolute Gasteiger partial charge is 0.446 e. The number of carbonyl (C=O) groups excluding carboxylic acids is 3. The van der Waals surface area contributed by atoms with Crippen molar-refractivity contribution in [1.82, 2.24) is 0 Å². The molecule has 2 atom stereocenters. The van der Waals surface area contributed by atoms with Gasteiger partial charge in [-0.15, -0.1) is 0 Å². The number of ether oxygens (including phenoxy) is 2. The van der Waals surface area contributed by atoms with Gasteiger partial charge in [0.05, 0.1) is 23.2 Å². The predicted molar refractivity (Wildman–Crippen MR) is 143 cm³/mol. The third-order valence-corrected chi connectivity index (χ3v) is 6.52. The molecule has 0 unspecified atom stereocenters. The first kappa shape index (κ1) is 30.0. The lowest BCUT2D eigenvalue weighted by atomic mass is 9.90. The average molecular weight is 596 g/mol. The number of cyclic esters (lactones) is 1. The summed E-state index contributed by atoms with van der Waals surface area (Å²) in [5.74, 6) is 3.83. The Morgan fingerprint density at radius 2 is 1.85 bits per heavy atom. The van der Waals surface area contributed by atoms with Gasteiger partial charge in [-0.3, -0.25) is 15.0 Å². The molecule has 0 bridgehead atoms. The zero-order valence-electron chi connectivity index (χ0n) is 22.2. The minimum absolute atomic E-state index is 0.00179. The van der Waals surface area contributed by atoms with Gasteiger partial charge in [0.25, 0.3) is 5.60 Å². The monoisotopic (exact) mass is 595 g/mol. The molecule has 0 saturated heterocycles. The summed E-state index contributed by atoms with van der Waals surface area (Å²) in [5, 5.41) is 5.01. The van der Waals surface area contributed by atoms with Crippen molar-refractivity contribution in [2.24, 2.45) is 5.92 Å². The van der Waals surface area contributed by atoms with Gasteiger partial charge in [0.1, 0.15) is 11.9 Å². The molecule has 41 heavy (non-hydrogen) atoms. The number of hydrogen-bond acceptors (Lipinski definition) is 5. The zero-order chi connectivity index (χ0) is 30.1. The molecule has 0 aromatic heterocycles. The smallest absolute Gasteiger partial charge is 0.445 e. The first-order chi connectivity index (χ1) is 19.3. The van der Waals surface area contributed by atoms with Crippen molar-refractivity contribution in [3.63, 3.8) is 0 Å². The number of fused-ring (bicyclic) bond motifs is 2. The van der Waals surface area contributed by atoms with Gasteiger partial charge >= 0.3 is 18.4 Å². The molecule has 3 aliphatic rings. The highest BCUT2D eigenvalue weighted by Gasteiger charge is 2.62. The van der Waals surface area contributed by atoms with E-state index >= 15 is 0 Å². The lowest BCUT2D eigenvalue weighted by molar-refractivity contribution is -0.239. The summed E-state index contributed by atoms with van der Waals surface area (Å²) in [6.07, 6.45) is -5.09. The van der Waals surface area contributed by atoms with Gasteiger partial charge in [0.15, 0.2) is 0 Å². The van der Waals surface area contributed by atoms with E-state index in [2.05, 4.69) is 27.2 Å². The topological polar surface area (TPSA) is 97.0 Å². The Hall–Kier alpha value is -3.98. The number of hydrogen-bond donors (Lipinski definition) is 2. The number of carbonyl (C=O) groups is 3. The number of halogens is 5. The standard InChI is InChI=1S/C14H9ClF3NO2.C14H17FN2O3/c15-9-3-4-11-10(7-9)13(14(16,17)18,21-12(20)19-11)6-5-8-1-2-8;1-4-11-13(18)16-10-6-5-9(15)7-12(10)17(11)14(19)20-8(2)3/h3-4,7-8H,1-2H2,(H,19,20);5-8,11H,4H2,1-3H3,(H,16,18)/t13-;11-/m00/s1. The van der Waals surface area contributed by atoms with Gasteiger partial charge in [-0.2, -0.15) is 13.2 Å². The van der Waals surface area contributed by atoms with Crippen LogP contribution in [0, 0.1) is 23.6 Å². The van der Waals surface area contributed by atoms with Crippen LogP contribution in [-0.4, -0.2) is 36.4 Å². The van der Waals surface area contributed by atoms with E-state index in [1.807, 2.05) is 0 Å². The Morgan fingerprint density at radius 1 is 1.17 bits per heavy atom. The SMILES string of the molecule is CC[C@H]1C(=O)Nc2ccc(F)cc2N1C(=O)OC(C)C.O=C1Nc2ccc(Cl)cc2[C@@](C#CC2CC2)(C(F)(F)F)O1. The van der Waals surface area contributed by atoms with Gasteiger partial charge in [-0.1, -0.05) is 24.4 Å². The second-order valence-electron chi connectivity index (χ2n) is 9.80. The van der Waals surface area contributed by atoms with Crippen LogP contribution < -0.4 is 15.5 Å². The molecule has 0 radical (unpaired) electrons. The van der Waals surface area contributed by atoms with Gasteiger partial charge in [0, 0.05) is 16.5 Å². The molecule has 8 nitrogen and oxygen atoms in total. The summed E-state index contributed by atoms with van der Waals surface area (Å²) in [7, 11) is 0. The Kier molecular flexibility index (Phi) is 8.40. The lowest BCUT2D eigenvalue weighted by Crippen LogP contribution is -2.51. The van der Waals surface area contributed by atoms with Crippen molar-refractivity contribution in [2.75, 3.05) is 15.5 Å². The molecule has 218 valence electrons. The van der Waals surface area contributed by atoms with Gasteiger partial charge < -0.3 is 14.8 Å². The summed E-state index contributed by atoms with van der Waals surface area (Å²) < 4.78 is 64.0. The molecule has 1 aliphatic carbocycles. The summed E-state index contributed by atoms with van der Waals surface area (Å²) in [5.41, 5.74) is -2.55. The maximum atomic E-state index is 13.6. The Morgan fingerprint density at radius 3 is 2.46 bits per heavy atom. The van der Waals surface area contributed by atoms with Crippen LogP contribution in [0.3, 0.4) is 0 Å². The van der Waals surface area contributed by atoms with Crippen LogP contribution in [0.2, 0.25) is 5.02 Å². The highest BCUT2D eigenvalue weighted by molar-refractivity contribution is 6.30.